The van der Waals surface area contributed by atoms with Crippen LogP contribution in [-0.4, -0.2) is 18.6 Å². The molecule has 2 aromatic rings. The van der Waals surface area contributed by atoms with Crippen molar-refractivity contribution in [2.24, 2.45) is 0 Å². The Morgan fingerprint density at radius 1 is 1.30 bits per heavy atom. The second-order valence-electron chi connectivity index (χ2n) is 5.36. The summed E-state index contributed by atoms with van der Waals surface area (Å²) in [7, 11) is 0. The van der Waals surface area contributed by atoms with Gasteiger partial charge in [0.15, 0.2) is 6.10 Å². The maximum absolute atomic E-state index is 13.1. The van der Waals surface area contributed by atoms with Crippen molar-refractivity contribution in [1.82, 2.24) is 5.32 Å². The summed E-state index contributed by atoms with van der Waals surface area (Å²) in [6.07, 6.45) is -0.0359. The van der Waals surface area contributed by atoms with Crippen molar-refractivity contribution in [3.63, 3.8) is 0 Å². The molecule has 2 aromatic carbocycles. The average molecular weight is 380 g/mol. The Bertz CT molecular complexity index is 690. The van der Waals surface area contributed by atoms with Gasteiger partial charge in [-0.15, -0.1) is 0 Å². The van der Waals surface area contributed by atoms with Gasteiger partial charge < -0.3 is 10.1 Å². The second kappa shape index (κ2) is 8.11. The summed E-state index contributed by atoms with van der Waals surface area (Å²) in [5.74, 6) is 0.159. The van der Waals surface area contributed by atoms with E-state index in [1.54, 1.807) is 13.0 Å². The number of nitrogens with one attached hydrogen (secondary N) is 1. The Hall–Kier alpha value is -1.88. The quantitative estimate of drug-likeness (QED) is 0.822. The van der Waals surface area contributed by atoms with E-state index in [1.165, 1.54) is 12.1 Å². The monoisotopic (exact) mass is 379 g/mol. The summed E-state index contributed by atoms with van der Waals surface area (Å²) in [4.78, 5) is 12.1. The number of carbonyl (C=O) groups is 1. The highest BCUT2D eigenvalue weighted by Gasteiger charge is 2.15. The molecule has 2 rings (SSSR count). The first-order valence-electron chi connectivity index (χ1n) is 7.40. The zero-order valence-corrected chi connectivity index (χ0v) is 14.7. The highest BCUT2D eigenvalue weighted by atomic mass is 79.9. The van der Waals surface area contributed by atoms with Gasteiger partial charge in [0.1, 0.15) is 11.6 Å². The van der Waals surface area contributed by atoms with Crippen molar-refractivity contribution >= 4 is 21.8 Å². The number of carbonyl (C=O) groups excluding carboxylic acids is 1. The summed E-state index contributed by atoms with van der Waals surface area (Å²) in [5, 5.41) is 2.80. The number of rotatable bonds is 6. The molecule has 5 heteroatoms. The maximum atomic E-state index is 13.1. The third kappa shape index (κ3) is 5.36. The van der Waals surface area contributed by atoms with Crippen LogP contribution in [0.5, 0.6) is 5.75 Å². The lowest BCUT2D eigenvalue weighted by Crippen LogP contribution is -2.37. The Kier molecular flexibility index (Phi) is 6.16. The van der Waals surface area contributed by atoms with Gasteiger partial charge in [0.25, 0.3) is 5.91 Å². The molecule has 0 heterocycles. The van der Waals surface area contributed by atoms with Gasteiger partial charge in [0, 0.05) is 6.54 Å². The minimum atomic E-state index is -0.610. The van der Waals surface area contributed by atoms with E-state index >= 15 is 0 Å². The second-order valence-corrected chi connectivity index (χ2v) is 6.22. The zero-order chi connectivity index (χ0) is 16.8. The molecule has 0 radical (unpaired) electrons. The Labute approximate surface area is 144 Å². The molecule has 1 atom stereocenters. The topological polar surface area (TPSA) is 38.3 Å². The molecule has 23 heavy (non-hydrogen) atoms. The number of amides is 1. The number of halogens is 2. The molecule has 1 amide bonds. The van der Waals surface area contributed by atoms with E-state index in [4.69, 9.17) is 4.74 Å². The third-order valence-corrected chi connectivity index (χ3v) is 3.98. The van der Waals surface area contributed by atoms with Crippen LogP contribution in [0.3, 0.4) is 0 Å². The molecule has 1 unspecified atom stereocenters. The molecule has 122 valence electrons. The highest BCUT2D eigenvalue weighted by Crippen LogP contribution is 2.26. The van der Waals surface area contributed by atoms with E-state index in [0.717, 1.165) is 15.6 Å². The molecule has 0 spiro atoms. The molecule has 0 fully saturated rings. The average Bonchev–Trinajstić information content (AvgIpc) is 2.50. The van der Waals surface area contributed by atoms with Crippen LogP contribution in [0.1, 0.15) is 18.1 Å². The largest absolute Gasteiger partial charge is 0.480 e. The molecule has 0 bridgehead atoms. The fourth-order valence-corrected chi connectivity index (χ4v) is 2.70. The molecule has 3 nitrogen and oxygen atoms in total. The van der Waals surface area contributed by atoms with Crippen LogP contribution in [-0.2, 0) is 11.2 Å². The van der Waals surface area contributed by atoms with Gasteiger partial charge in [-0.05, 0) is 71.6 Å². The normalized spacial score (nSPS) is 11.8. The summed E-state index contributed by atoms with van der Waals surface area (Å²) in [5.41, 5.74) is 1.96. The van der Waals surface area contributed by atoms with Gasteiger partial charge in [-0.1, -0.05) is 18.2 Å². The predicted octanol–water partition coefficient (Wildman–Crippen LogP) is 4.02. The first-order valence-corrected chi connectivity index (χ1v) is 8.20. The minimum absolute atomic E-state index is 0.200. The van der Waals surface area contributed by atoms with Crippen molar-refractivity contribution in [3.05, 3.63) is 63.9 Å². The lowest BCUT2D eigenvalue weighted by atomic mass is 10.1. The Morgan fingerprint density at radius 3 is 2.78 bits per heavy atom. The summed E-state index contributed by atoms with van der Waals surface area (Å²) >= 11 is 3.42. The molecule has 0 aliphatic carbocycles. The molecular weight excluding hydrogens is 361 g/mol. The zero-order valence-electron chi connectivity index (χ0n) is 13.1. The SMILES string of the molecule is Cc1ccc(OC(C)C(=O)NCCc2cccc(F)c2)c(Br)c1. The van der Waals surface area contributed by atoms with Crippen molar-refractivity contribution < 1.29 is 13.9 Å². The smallest absolute Gasteiger partial charge is 0.260 e. The van der Waals surface area contributed by atoms with E-state index < -0.39 is 6.10 Å². The van der Waals surface area contributed by atoms with E-state index in [2.05, 4.69) is 21.2 Å². The van der Waals surface area contributed by atoms with Crippen LogP contribution >= 0.6 is 15.9 Å². The molecular formula is C18H19BrFNO2. The Balaban J connectivity index is 1.83. The van der Waals surface area contributed by atoms with Crippen molar-refractivity contribution in [2.75, 3.05) is 6.54 Å². The summed E-state index contributed by atoms with van der Waals surface area (Å²) in [6, 6.07) is 12.0. The standard InChI is InChI=1S/C18H19BrFNO2/c1-12-6-7-17(16(19)10-12)23-13(2)18(22)21-9-8-14-4-3-5-15(20)11-14/h3-7,10-11,13H,8-9H2,1-2H3,(H,21,22). The van der Waals surface area contributed by atoms with Crippen LogP contribution in [0.4, 0.5) is 4.39 Å². The van der Waals surface area contributed by atoms with Crippen LogP contribution in [0.2, 0.25) is 0 Å². The van der Waals surface area contributed by atoms with Gasteiger partial charge in [-0.2, -0.15) is 0 Å². The lowest BCUT2D eigenvalue weighted by Gasteiger charge is -2.16. The molecule has 0 aliphatic rings. The number of hydrogen-bond acceptors (Lipinski definition) is 2. The number of benzene rings is 2. The summed E-state index contributed by atoms with van der Waals surface area (Å²) < 4.78 is 19.6. The minimum Gasteiger partial charge on any atom is -0.480 e. The number of hydrogen-bond donors (Lipinski definition) is 1. The number of aryl methyl sites for hydroxylation is 1. The fraction of sp³-hybridized carbons (Fsp3) is 0.278. The van der Waals surface area contributed by atoms with Crippen LogP contribution in [0, 0.1) is 12.7 Å². The van der Waals surface area contributed by atoms with Crippen LogP contribution in [0.15, 0.2) is 46.9 Å². The molecule has 0 aromatic heterocycles. The van der Waals surface area contributed by atoms with E-state index in [0.29, 0.717) is 18.7 Å². The third-order valence-electron chi connectivity index (χ3n) is 3.36. The van der Waals surface area contributed by atoms with Gasteiger partial charge in [0.2, 0.25) is 0 Å². The predicted molar refractivity (Wildman–Crippen MR) is 92.1 cm³/mol. The van der Waals surface area contributed by atoms with E-state index in [1.807, 2.05) is 31.2 Å². The maximum Gasteiger partial charge on any atom is 0.260 e. The first-order chi connectivity index (χ1) is 11.0. The van der Waals surface area contributed by atoms with Crippen molar-refractivity contribution in [2.45, 2.75) is 26.4 Å². The first kappa shape index (κ1) is 17.5. The fourth-order valence-electron chi connectivity index (χ4n) is 2.11. The lowest BCUT2D eigenvalue weighted by molar-refractivity contribution is -0.127. The molecule has 1 N–H and O–H groups in total. The van der Waals surface area contributed by atoms with Gasteiger partial charge in [-0.25, -0.2) is 4.39 Å². The molecule has 0 aliphatic heterocycles. The Morgan fingerprint density at radius 2 is 2.09 bits per heavy atom. The van der Waals surface area contributed by atoms with Crippen molar-refractivity contribution in [3.8, 4) is 5.75 Å². The van der Waals surface area contributed by atoms with Gasteiger partial charge >= 0.3 is 0 Å². The van der Waals surface area contributed by atoms with Gasteiger partial charge in [-0.3, -0.25) is 4.79 Å². The highest BCUT2D eigenvalue weighted by molar-refractivity contribution is 9.10. The van der Waals surface area contributed by atoms with Gasteiger partial charge in [0.05, 0.1) is 4.47 Å². The van der Waals surface area contributed by atoms with E-state index in [-0.39, 0.29) is 11.7 Å². The summed E-state index contributed by atoms with van der Waals surface area (Å²) in [6.45, 7) is 4.12. The van der Waals surface area contributed by atoms with Crippen LogP contribution in [0.25, 0.3) is 0 Å². The number of ether oxygens (including phenoxy) is 1. The molecule has 0 saturated heterocycles. The van der Waals surface area contributed by atoms with Crippen LogP contribution < -0.4 is 10.1 Å². The van der Waals surface area contributed by atoms with E-state index in [9.17, 15) is 9.18 Å². The molecule has 0 saturated carbocycles. The van der Waals surface area contributed by atoms with Crippen molar-refractivity contribution in [1.29, 1.82) is 0 Å².